The van der Waals surface area contributed by atoms with E-state index < -0.39 is 23.4 Å². The molecule has 0 spiro atoms. The van der Waals surface area contributed by atoms with Crippen LogP contribution in [0.1, 0.15) is 17.4 Å². The van der Waals surface area contributed by atoms with Crippen LogP contribution in [0.25, 0.3) is 0 Å². The van der Waals surface area contributed by atoms with E-state index in [0.29, 0.717) is 11.1 Å². The first-order valence-corrected chi connectivity index (χ1v) is 7.19. The van der Waals surface area contributed by atoms with Gasteiger partial charge in [-0.3, -0.25) is 14.9 Å². The van der Waals surface area contributed by atoms with Crippen LogP contribution in [-0.2, 0) is 30.4 Å². The topological polar surface area (TPSA) is 105 Å². The molecule has 0 saturated heterocycles. The van der Waals surface area contributed by atoms with E-state index in [4.69, 9.17) is 9.47 Å². The van der Waals surface area contributed by atoms with Crippen molar-refractivity contribution < 1.29 is 28.7 Å². The summed E-state index contributed by atoms with van der Waals surface area (Å²) >= 11 is 0. The SMILES string of the molecule is O=[C]OC(OC(C(=O)OCc1ccccc1)[N+](=O)[O-])c1ccccc1. The lowest BCUT2D eigenvalue weighted by atomic mass is 10.2. The zero-order chi connectivity index (χ0) is 18.1. The van der Waals surface area contributed by atoms with Crippen molar-refractivity contribution in [3.05, 3.63) is 81.9 Å². The second kappa shape index (κ2) is 9.14. The summed E-state index contributed by atoms with van der Waals surface area (Å²) in [6.45, 7) is 1.01. The lowest BCUT2D eigenvalue weighted by Gasteiger charge is -2.17. The van der Waals surface area contributed by atoms with Gasteiger partial charge in [0.25, 0.3) is 0 Å². The van der Waals surface area contributed by atoms with E-state index in [1.165, 1.54) is 12.1 Å². The monoisotopic (exact) mass is 344 g/mol. The van der Waals surface area contributed by atoms with Crippen LogP contribution in [0.5, 0.6) is 0 Å². The molecule has 129 valence electrons. The van der Waals surface area contributed by atoms with Gasteiger partial charge >= 0.3 is 18.7 Å². The highest BCUT2D eigenvalue weighted by Crippen LogP contribution is 2.20. The fourth-order valence-corrected chi connectivity index (χ4v) is 1.94. The fourth-order valence-electron chi connectivity index (χ4n) is 1.94. The molecule has 2 rings (SSSR count). The van der Waals surface area contributed by atoms with Crippen molar-refractivity contribution in [2.75, 3.05) is 0 Å². The van der Waals surface area contributed by atoms with Gasteiger partial charge in [-0.2, -0.15) is 0 Å². The third-order valence-electron chi connectivity index (χ3n) is 3.10. The number of hydrogen-bond acceptors (Lipinski definition) is 7. The number of carbonyl (C=O) groups excluding carboxylic acids is 2. The zero-order valence-corrected chi connectivity index (χ0v) is 12.9. The molecule has 0 aromatic heterocycles. The molecule has 2 aromatic rings. The summed E-state index contributed by atoms with van der Waals surface area (Å²) in [4.78, 5) is 32.7. The molecular weight excluding hydrogens is 330 g/mol. The second-order valence-electron chi connectivity index (χ2n) is 4.81. The first kappa shape index (κ1) is 18.1. The van der Waals surface area contributed by atoms with Gasteiger partial charge in [-0.25, -0.2) is 9.59 Å². The number of rotatable bonds is 9. The molecule has 0 saturated carbocycles. The Balaban J connectivity index is 2.06. The van der Waals surface area contributed by atoms with Gasteiger partial charge in [-0.15, -0.1) is 0 Å². The second-order valence-corrected chi connectivity index (χ2v) is 4.81. The Bertz CT molecular complexity index is 705. The van der Waals surface area contributed by atoms with Gasteiger partial charge in [-0.1, -0.05) is 60.7 Å². The lowest BCUT2D eigenvalue weighted by Crippen LogP contribution is -2.35. The van der Waals surface area contributed by atoms with Gasteiger partial charge in [0.15, 0.2) is 0 Å². The minimum Gasteiger partial charge on any atom is -0.454 e. The molecule has 1 radical (unpaired) electrons. The minimum absolute atomic E-state index is 0.149. The summed E-state index contributed by atoms with van der Waals surface area (Å²) in [6, 6.07) is 16.6. The van der Waals surface area contributed by atoms with Crippen molar-refractivity contribution in [3.8, 4) is 0 Å². The maximum atomic E-state index is 12.0. The number of benzene rings is 2. The van der Waals surface area contributed by atoms with Gasteiger partial charge < -0.3 is 9.47 Å². The predicted octanol–water partition coefficient (Wildman–Crippen LogP) is 2.13. The summed E-state index contributed by atoms with van der Waals surface area (Å²) in [5.41, 5.74) is 0.976. The quantitative estimate of drug-likeness (QED) is 0.297. The Morgan fingerprint density at radius 3 is 2.24 bits per heavy atom. The van der Waals surface area contributed by atoms with Crippen molar-refractivity contribution in [2.24, 2.45) is 0 Å². The van der Waals surface area contributed by atoms with Crippen LogP contribution in [0.4, 0.5) is 0 Å². The fraction of sp³-hybridized carbons (Fsp3) is 0.176. The maximum absolute atomic E-state index is 12.0. The summed E-state index contributed by atoms with van der Waals surface area (Å²) in [5, 5.41) is 11.1. The minimum atomic E-state index is -2.15. The van der Waals surface area contributed by atoms with E-state index >= 15 is 0 Å². The van der Waals surface area contributed by atoms with Crippen molar-refractivity contribution in [3.63, 3.8) is 0 Å². The van der Waals surface area contributed by atoms with E-state index in [1.54, 1.807) is 48.5 Å². The van der Waals surface area contributed by atoms with Gasteiger partial charge in [-0.05, 0) is 5.56 Å². The van der Waals surface area contributed by atoms with E-state index in [1.807, 2.05) is 0 Å². The van der Waals surface area contributed by atoms with Crippen LogP contribution in [0.15, 0.2) is 60.7 Å². The van der Waals surface area contributed by atoms with Crippen LogP contribution in [0.3, 0.4) is 0 Å². The van der Waals surface area contributed by atoms with Crippen molar-refractivity contribution in [2.45, 2.75) is 19.1 Å². The van der Waals surface area contributed by atoms with Gasteiger partial charge in [0.1, 0.15) is 6.61 Å². The van der Waals surface area contributed by atoms with Crippen LogP contribution in [-0.4, -0.2) is 23.6 Å². The highest BCUT2D eigenvalue weighted by atomic mass is 16.8. The molecular formula is C17H14NO7. The highest BCUT2D eigenvalue weighted by molar-refractivity contribution is 5.72. The molecule has 0 aliphatic heterocycles. The van der Waals surface area contributed by atoms with Gasteiger partial charge in [0.05, 0.1) is 4.92 Å². The Kier molecular flexibility index (Phi) is 6.61. The molecule has 0 bridgehead atoms. The largest absolute Gasteiger partial charge is 0.454 e. The maximum Gasteiger partial charge on any atom is 0.420 e. The smallest absolute Gasteiger partial charge is 0.420 e. The van der Waals surface area contributed by atoms with E-state index in [9.17, 15) is 19.7 Å². The molecule has 0 fully saturated rings. The average Bonchev–Trinajstić information content (AvgIpc) is 2.64. The van der Waals surface area contributed by atoms with Crippen molar-refractivity contribution in [1.29, 1.82) is 0 Å². The molecule has 0 amide bonds. The van der Waals surface area contributed by atoms with Crippen molar-refractivity contribution >= 4 is 12.4 Å². The van der Waals surface area contributed by atoms with Crippen LogP contribution >= 0.6 is 0 Å². The number of esters is 1. The predicted molar refractivity (Wildman–Crippen MR) is 84.1 cm³/mol. The van der Waals surface area contributed by atoms with E-state index in [-0.39, 0.29) is 6.61 Å². The number of nitrogens with zero attached hydrogens (tertiary/aromatic N) is 1. The lowest BCUT2D eigenvalue weighted by molar-refractivity contribution is -0.571. The molecule has 2 aromatic carbocycles. The molecule has 0 aliphatic carbocycles. The third kappa shape index (κ3) is 5.40. The molecule has 0 heterocycles. The number of nitro groups is 1. The van der Waals surface area contributed by atoms with E-state index in [2.05, 4.69) is 4.74 Å². The van der Waals surface area contributed by atoms with Gasteiger partial charge in [0, 0.05) is 5.56 Å². The average molecular weight is 344 g/mol. The molecule has 8 nitrogen and oxygen atoms in total. The Labute approximate surface area is 143 Å². The molecule has 8 heteroatoms. The van der Waals surface area contributed by atoms with Crippen LogP contribution in [0, 0.1) is 10.1 Å². The number of hydrogen-bond donors (Lipinski definition) is 0. The Hall–Kier alpha value is -3.26. The summed E-state index contributed by atoms with van der Waals surface area (Å²) < 4.78 is 14.5. The molecule has 2 unspecified atom stereocenters. The molecule has 0 N–H and O–H groups in total. The summed E-state index contributed by atoms with van der Waals surface area (Å²) in [5.74, 6) is -1.20. The highest BCUT2D eigenvalue weighted by Gasteiger charge is 2.37. The zero-order valence-electron chi connectivity index (χ0n) is 12.9. The normalized spacial score (nSPS) is 12.6. The standard InChI is InChI=1S/C17H14NO7/c19-12-24-17(14-9-5-2-6-10-14)25-15(18(21)22)16(20)23-11-13-7-3-1-4-8-13/h1-10,15,17H,11H2. The number of ether oxygens (including phenoxy) is 3. The van der Waals surface area contributed by atoms with Crippen molar-refractivity contribution in [1.82, 2.24) is 0 Å². The first-order valence-electron chi connectivity index (χ1n) is 7.19. The van der Waals surface area contributed by atoms with Crippen LogP contribution in [0.2, 0.25) is 0 Å². The molecule has 0 aliphatic rings. The Morgan fingerprint density at radius 2 is 1.68 bits per heavy atom. The van der Waals surface area contributed by atoms with E-state index in [0.717, 1.165) is 6.47 Å². The number of carbonyl (C=O) groups is 1. The van der Waals surface area contributed by atoms with Crippen LogP contribution < -0.4 is 0 Å². The van der Waals surface area contributed by atoms with Gasteiger partial charge in [0.2, 0.25) is 6.29 Å². The molecule has 2 atom stereocenters. The third-order valence-corrected chi connectivity index (χ3v) is 3.10. The molecule has 25 heavy (non-hydrogen) atoms. The Morgan fingerprint density at radius 1 is 1.08 bits per heavy atom. The first-order chi connectivity index (χ1) is 12.1. The summed E-state index contributed by atoms with van der Waals surface area (Å²) in [7, 11) is 0. The summed E-state index contributed by atoms with van der Waals surface area (Å²) in [6.07, 6.45) is -3.61.